The molecule has 1 N–H and O–H groups in total. The number of nitrogens with zero attached hydrogens (tertiary/aromatic N) is 2. The zero-order valence-electron chi connectivity index (χ0n) is 14.3. The largest absolute Gasteiger partial charge is 0.494 e. The minimum atomic E-state index is -0.280. The molecule has 0 fully saturated rings. The molecule has 0 atom stereocenters. The number of nitrogens with one attached hydrogen (secondary N) is 1. The molecule has 0 aliphatic heterocycles. The van der Waals surface area contributed by atoms with Crippen molar-refractivity contribution in [1.29, 1.82) is 0 Å². The van der Waals surface area contributed by atoms with Gasteiger partial charge in [0.1, 0.15) is 11.6 Å². The number of carbonyl (C=O) groups is 1. The highest BCUT2D eigenvalue weighted by Crippen LogP contribution is 2.12. The molecule has 2 aromatic carbocycles. The summed E-state index contributed by atoms with van der Waals surface area (Å²) in [6, 6.07) is 13.3. The van der Waals surface area contributed by atoms with Crippen molar-refractivity contribution >= 4 is 5.91 Å². The molecular formula is C20H20FN3O2. The average molecular weight is 353 g/mol. The molecule has 26 heavy (non-hydrogen) atoms. The van der Waals surface area contributed by atoms with Crippen LogP contribution in [0.25, 0.3) is 5.69 Å². The molecule has 0 saturated heterocycles. The number of benzene rings is 2. The number of rotatable bonds is 8. The summed E-state index contributed by atoms with van der Waals surface area (Å²) in [6.45, 7) is 1.11. The van der Waals surface area contributed by atoms with Crippen molar-refractivity contribution in [3.63, 3.8) is 0 Å². The smallest absolute Gasteiger partial charge is 0.251 e. The monoisotopic (exact) mass is 353 g/mol. The Morgan fingerprint density at radius 3 is 2.54 bits per heavy atom. The van der Waals surface area contributed by atoms with Crippen molar-refractivity contribution in [3.05, 3.63) is 78.6 Å². The van der Waals surface area contributed by atoms with Crippen LogP contribution in [0, 0.1) is 5.82 Å². The van der Waals surface area contributed by atoms with Crippen LogP contribution >= 0.6 is 0 Å². The Balaban J connectivity index is 1.35. The number of hydrogen-bond donors (Lipinski definition) is 1. The quantitative estimate of drug-likeness (QED) is 0.630. The zero-order valence-corrected chi connectivity index (χ0v) is 14.3. The van der Waals surface area contributed by atoms with E-state index in [1.807, 2.05) is 22.9 Å². The van der Waals surface area contributed by atoms with E-state index in [0.717, 1.165) is 18.5 Å². The highest BCUT2D eigenvalue weighted by Gasteiger charge is 2.05. The molecule has 6 heteroatoms. The van der Waals surface area contributed by atoms with E-state index in [1.165, 1.54) is 12.1 Å². The summed E-state index contributed by atoms with van der Waals surface area (Å²) in [7, 11) is 0. The Morgan fingerprint density at radius 1 is 1.08 bits per heavy atom. The topological polar surface area (TPSA) is 56.1 Å². The first-order chi connectivity index (χ1) is 12.7. The van der Waals surface area contributed by atoms with E-state index in [2.05, 4.69) is 10.3 Å². The van der Waals surface area contributed by atoms with E-state index in [1.54, 1.807) is 36.8 Å². The number of hydrogen-bond acceptors (Lipinski definition) is 3. The maximum absolute atomic E-state index is 12.8. The summed E-state index contributed by atoms with van der Waals surface area (Å²) in [5.41, 5.74) is 1.58. The van der Waals surface area contributed by atoms with E-state index in [-0.39, 0.29) is 11.7 Å². The average Bonchev–Trinajstić information content (AvgIpc) is 3.21. The Morgan fingerprint density at radius 2 is 1.85 bits per heavy atom. The Bertz CT molecular complexity index is 815. The van der Waals surface area contributed by atoms with Gasteiger partial charge in [-0.1, -0.05) is 0 Å². The Kier molecular flexibility index (Phi) is 5.98. The summed E-state index contributed by atoms with van der Waals surface area (Å²) < 4.78 is 20.2. The lowest BCUT2D eigenvalue weighted by atomic mass is 10.2. The second-order valence-corrected chi connectivity index (χ2v) is 5.78. The van der Waals surface area contributed by atoms with Crippen molar-refractivity contribution in [2.75, 3.05) is 13.2 Å². The molecule has 0 aliphatic rings. The van der Waals surface area contributed by atoms with Gasteiger partial charge >= 0.3 is 0 Å². The third kappa shape index (κ3) is 4.92. The van der Waals surface area contributed by atoms with Crippen LogP contribution in [0.2, 0.25) is 0 Å². The normalized spacial score (nSPS) is 10.5. The van der Waals surface area contributed by atoms with Crippen LogP contribution in [-0.4, -0.2) is 28.6 Å². The van der Waals surface area contributed by atoms with E-state index in [4.69, 9.17) is 4.74 Å². The van der Waals surface area contributed by atoms with Crippen molar-refractivity contribution in [2.45, 2.75) is 12.8 Å². The van der Waals surface area contributed by atoms with Crippen LogP contribution in [0.4, 0.5) is 4.39 Å². The molecule has 0 aliphatic carbocycles. The van der Waals surface area contributed by atoms with E-state index in [9.17, 15) is 9.18 Å². The summed E-state index contributed by atoms with van der Waals surface area (Å²) in [6.07, 6.45) is 6.88. The number of carbonyl (C=O) groups excluding carboxylic acids is 1. The van der Waals surface area contributed by atoms with Gasteiger partial charge in [-0.25, -0.2) is 9.37 Å². The molecule has 1 amide bonds. The van der Waals surface area contributed by atoms with E-state index < -0.39 is 0 Å². The summed E-state index contributed by atoms with van der Waals surface area (Å²) in [5, 5.41) is 2.90. The molecule has 134 valence electrons. The molecule has 0 saturated carbocycles. The van der Waals surface area contributed by atoms with Crippen molar-refractivity contribution in [3.8, 4) is 11.4 Å². The first-order valence-corrected chi connectivity index (χ1v) is 8.47. The standard InChI is InChI=1S/C20H20FN3O2/c21-17-5-9-19(10-6-17)26-14-2-1-11-23-20(25)16-3-7-18(8-4-16)24-13-12-22-15-24/h3-10,12-13,15H,1-2,11,14H2,(H,23,25). The molecule has 0 radical (unpaired) electrons. The molecule has 1 aromatic heterocycles. The van der Waals surface area contributed by atoms with E-state index in [0.29, 0.717) is 24.5 Å². The summed E-state index contributed by atoms with van der Waals surface area (Å²) in [5.74, 6) is 0.271. The molecule has 3 aromatic rings. The third-order valence-corrected chi connectivity index (χ3v) is 3.87. The van der Waals surface area contributed by atoms with Crippen LogP contribution < -0.4 is 10.1 Å². The highest BCUT2D eigenvalue weighted by molar-refractivity contribution is 5.94. The molecular weight excluding hydrogens is 333 g/mol. The SMILES string of the molecule is O=C(NCCCCOc1ccc(F)cc1)c1ccc(-n2ccnc2)cc1. The predicted octanol–water partition coefficient (Wildman–Crippen LogP) is 3.60. The van der Waals surface area contributed by atoms with Gasteiger partial charge in [0.15, 0.2) is 0 Å². The lowest BCUT2D eigenvalue weighted by Gasteiger charge is -2.08. The number of unbranched alkanes of at least 4 members (excludes halogenated alkanes) is 1. The fourth-order valence-electron chi connectivity index (χ4n) is 2.45. The van der Waals surface area contributed by atoms with Crippen molar-refractivity contribution < 1.29 is 13.9 Å². The second-order valence-electron chi connectivity index (χ2n) is 5.78. The maximum Gasteiger partial charge on any atom is 0.251 e. The number of halogens is 1. The first kappa shape index (κ1) is 17.7. The lowest BCUT2D eigenvalue weighted by molar-refractivity contribution is 0.0952. The first-order valence-electron chi connectivity index (χ1n) is 8.47. The molecule has 0 unspecified atom stereocenters. The highest BCUT2D eigenvalue weighted by atomic mass is 19.1. The number of aromatic nitrogens is 2. The Labute approximate surface area is 151 Å². The van der Waals surface area contributed by atoms with Gasteiger partial charge in [0.25, 0.3) is 5.91 Å². The van der Waals surface area contributed by atoms with Crippen LogP contribution in [0.5, 0.6) is 5.75 Å². The predicted molar refractivity (Wildman–Crippen MR) is 97.0 cm³/mol. The molecule has 0 bridgehead atoms. The number of imidazole rings is 1. The van der Waals surface area contributed by atoms with Gasteiger partial charge in [-0.05, 0) is 61.4 Å². The zero-order chi connectivity index (χ0) is 18.2. The van der Waals surface area contributed by atoms with Crippen LogP contribution in [-0.2, 0) is 0 Å². The van der Waals surface area contributed by atoms with Gasteiger partial charge in [-0.15, -0.1) is 0 Å². The maximum atomic E-state index is 12.8. The van der Waals surface area contributed by atoms with Crippen LogP contribution in [0.1, 0.15) is 23.2 Å². The number of amides is 1. The molecule has 0 spiro atoms. The minimum Gasteiger partial charge on any atom is -0.494 e. The van der Waals surface area contributed by atoms with Gasteiger partial charge in [0.2, 0.25) is 0 Å². The Hall–Kier alpha value is -3.15. The van der Waals surface area contributed by atoms with Crippen molar-refractivity contribution in [2.24, 2.45) is 0 Å². The van der Waals surface area contributed by atoms with Crippen LogP contribution in [0.15, 0.2) is 67.3 Å². The fourth-order valence-corrected chi connectivity index (χ4v) is 2.45. The number of ether oxygens (including phenoxy) is 1. The van der Waals surface area contributed by atoms with Gasteiger partial charge < -0.3 is 14.6 Å². The van der Waals surface area contributed by atoms with E-state index >= 15 is 0 Å². The van der Waals surface area contributed by atoms with Crippen LogP contribution in [0.3, 0.4) is 0 Å². The summed E-state index contributed by atoms with van der Waals surface area (Å²) in [4.78, 5) is 16.1. The second kappa shape index (κ2) is 8.80. The summed E-state index contributed by atoms with van der Waals surface area (Å²) >= 11 is 0. The van der Waals surface area contributed by atoms with Gasteiger partial charge in [-0.2, -0.15) is 0 Å². The van der Waals surface area contributed by atoms with Gasteiger partial charge in [0, 0.05) is 30.2 Å². The molecule has 3 rings (SSSR count). The van der Waals surface area contributed by atoms with Gasteiger partial charge in [0.05, 0.1) is 12.9 Å². The molecule has 5 nitrogen and oxygen atoms in total. The minimum absolute atomic E-state index is 0.0957. The molecule has 1 heterocycles. The van der Waals surface area contributed by atoms with Crippen molar-refractivity contribution in [1.82, 2.24) is 14.9 Å². The third-order valence-electron chi connectivity index (χ3n) is 3.87. The van der Waals surface area contributed by atoms with Gasteiger partial charge in [-0.3, -0.25) is 4.79 Å². The fraction of sp³-hybridized carbons (Fsp3) is 0.200. The lowest BCUT2D eigenvalue weighted by Crippen LogP contribution is -2.24.